The van der Waals surface area contributed by atoms with E-state index in [1.54, 1.807) is 35.8 Å². The zero-order valence-electron chi connectivity index (χ0n) is 24.3. The van der Waals surface area contributed by atoms with Gasteiger partial charge in [0, 0.05) is 50.5 Å². The SMILES string of the molecule is COc1cc(C)c(S(=O)(=O)N2CCCCC2COc2ccnc(N3CCC(C)(N4CCOCC4)CC3)n2)c(C)c1. The van der Waals surface area contributed by atoms with Crippen LogP contribution in [0.2, 0.25) is 0 Å². The van der Waals surface area contributed by atoms with Gasteiger partial charge in [0.15, 0.2) is 0 Å². The molecule has 1 atom stereocenters. The van der Waals surface area contributed by atoms with Crippen LogP contribution in [-0.4, -0.2) is 98.8 Å². The summed E-state index contributed by atoms with van der Waals surface area (Å²) in [5, 5.41) is 0. The lowest BCUT2D eigenvalue weighted by Crippen LogP contribution is -2.57. The molecule has 10 nitrogen and oxygen atoms in total. The number of hydrogen-bond acceptors (Lipinski definition) is 9. The normalized spacial score (nSPS) is 22.7. The monoisotopic (exact) mass is 573 g/mol. The molecule has 11 heteroatoms. The number of methoxy groups -OCH3 is 1. The zero-order chi connectivity index (χ0) is 28.3. The van der Waals surface area contributed by atoms with Gasteiger partial charge in [0.2, 0.25) is 21.9 Å². The van der Waals surface area contributed by atoms with Crippen LogP contribution in [0.1, 0.15) is 50.2 Å². The summed E-state index contributed by atoms with van der Waals surface area (Å²) in [5.41, 5.74) is 1.55. The molecule has 1 aromatic carbocycles. The molecular weight excluding hydrogens is 530 g/mol. The van der Waals surface area contributed by atoms with Crippen LogP contribution in [-0.2, 0) is 14.8 Å². The van der Waals surface area contributed by atoms with E-state index in [0.717, 1.165) is 71.5 Å². The number of benzene rings is 1. The van der Waals surface area contributed by atoms with Gasteiger partial charge < -0.3 is 19.1 Å². The standard InChI is InChI=1S/C29H43N5O5S/c1-22-19-25(37-4)20-23(2)27(22)40(35,36)34-12-6-5-7-24(34)21-39-26-8-11-30-28(31-26)32-13-9-29(3,10-14-32)33-15-17-38-18-16-33/h8,11,19-20,24H,5-7,9-10,12-18,21H2,1-4H3. The Bertz CT molecular complexity index is 1250. The van der Waals surface area contributed by atoms with E-state index in [-0.39, 0.29) is 18.2 Å². The van der Waals surface area contributed by atoms with Gasteiger partial charge in [0.25, 0.3) is 0 Å². The third kappa shape index (κ3) is 6.07. The Hall–Kier alpha value is -2.47. The molecule has 0 bridgehead atoms. The van der Waals surface area contributed by atoms with Gasteiger partial charge in [-0.05, 0) is 69.7 Å². The predicted molar refractivity (Wildman–Crippen MR) is 154 cm³/mol. The second-order valence-electron chi connectivity index (χ2n) is 11.4. The summed E-state index contributed by atoms with van der Waals surface area (Å²) in [6, 6.07) is 5.05. The van der Waals surface area contributed by atoms with E-state index in [0.29, 0.717) is 40.1 Å². The maximum atomic E-state index is 13.9. The molecule has 0 spiro atoms. The Kier molecular flexibility index (Phi) is 8.84. The maximum Gasteiger partial charge on any atom is 0.243 e. The van der Waals surface area contributed by atoms with E-state index in [1.165, 1.54) is 0 Å². The van der Waals surface area contributed by atoms with E-state index in [2.05, 4.69) is 21.7 Å². The molecule has 1 aromatic heterocycles. The van der Waals surface area contributed by atoms with E-state index < -0.39 is 10.0 Å². The fraction of sp³-hybridized carbons (Fsp3) is 0.655. The minimum Gasteiger partial charge on any atom is -0.497 e. The summed E-state index contributed by atoms with van der Waals surface area (Å²) in [4.78, 5) is 14.4. The van der Waals surface area contributed by atoms with Gasteiger partial charge in [-0.3, -0.25) is 4.90 Å². The molecule has 4 heterocycles. The summed E-state index contributed by atoms with van der Waals surface area (Å²) in [7, 11) is -2.11. The molecule has 220 valence electrons. The largest absolute Gasteiger partial charge is 0.497 e. The first-order valence-electron chi connectivity index (χ1n) is 14.4. The number of rotatable bonds is 8. The van der Waals surface area contributed by atoms with Crippen LogP contribution in [0.4, 0.5) is 5.95 Å². The molecule has 0 N–H and O–H groups in total. The lowest BCUT2D eigenvalue weighted by Gasteiger charge is -2.48. The van der Waals surface area contributed by atoms with Gasteiger partial charge >= 0.3 is 0 Å². The number of hydrogen-bond donors (Lipinski definition) is 0. The average molecular weight is 574 g/mol. The molecule has 0 radical (unpaired) electrons. The van der Waals surface area contributed by atoms with Crippen molar-refractivity contribution in [3.05, 3.63) is 35.5 Å². The van der Waals surface area contributed by atoms with Crippen molar-refractivity contribution in [1.29, 1.82) is 0 Å². The highest BCUT2D eigenvalue weighted by molar-refractivity contribution is 7.89. The summed E-state index contributed by atoms with van der Waals surface area (Å²) >= 11 is 0. The van der Waals surface area contributed by atoms with E-state index in [9.17, 15) is 8.42 Å². The van der Waals surface area contributed by atoms with Crippen molar-refractivity contribution in [2.24, 2.45) is 0 Å². The van der Waals surface area contributed by atoms with Crippen molar-refractivity contribution in [1.82, 2.24) is 19.2 Å². The first-order valence-corrected chi connectivity index (χ1v) is 15.9. The van der Waals surface area contributed by atoms with Gasteiger partial charge in [0.1, 0.15) is 12.4 Å². The van der Waals surface area contributed by atoms with Crippen LogP contribution in [0.25, 0.3) is 0 Å². The van der Waals surface area contributed by atoms with Gasteiger partial charge in [-0.15, -0.1) is 0 Å². The number of aryl methyl sites for hydroxylation is 2. The minimum atomic E-state index is -3.70. The van der Waals surface area contributed by atoms with Crippen molar-refractivity contribution in [3.63, 3.8) is 0 Å². The van der Waals surface area contributed by atoms with Crippen LogP contribution in [0.15, 0.2) is 29.3 Å². The van der Waals surface area contributed by atoms with Crippen LogP contribution >= 0.6 is 0 Å². The third-order valence-corrected chi connectivity index (χ3v) is 11.0. The predicted octanol–water partition coefficient (Wildman–Crippen LogP) is 3.42. The van der Waals surface area contributed by atoms with Crippen LogP contribution in [0, 0.1) is 13.8 Å². The van der Waals surface area contributed by atoms with E-state index >= 15 is 0 Å². The number of anilines is 1. The Morgan fingerprint density at radius 2 is 1.75 bits per heavy atom. The van der Waals surface area contributed by atoms with E-state index in [4.69, 9.17) is 19.2 Å². The third-order valence-electron chi connectivity index (χ3n) is 8.75. The Morgan fingerprint density at radius 1 is 1.05 bits per heavy atom. The van der Waals surface area contributed by atoms with Crippen molar-refractivity contribution in [2.75, 3.05) is 64.6 Å². The topological polar surface area (TPSA) is 97.3 Å². The number of piperidine rings is 2. The molecule has 3 saturated heterocycles. The second kappa shape index (κ2) is 12.2. The van der Waals surface area contributed by atoms with Crippen molar-refractivity contribution in [2.45, 2.75) is 69.4 Å². The number of sulfonamides is 1. The number of nitrogens with zero attached hydrogens (tertiary/aromatic N) is 5. The number of aromatic nitrogens is 2. The lowest BCUT2D eigenvalue weighted by atomic mass is 9.87. The van der Waals surface area contributed by atoms with Crippen LogP contribution in [0.3, 0.4) is 0 Å². The molecular formula is C29H43N5O5S. The molecule has 3 aliphatic rings. The van der Waals surface area contributed by atoms with Gasteiger partial charge in [0.05, 0.1) is 31.3 Å². The molecule has 1 unspecified atom stereocenters. The van der Waals surface area contributed by atoms with Crippen LogP contribution in [0.5, 0.6) is 11.6 Å². The number of ether oxygens (including phenoxy) is 3. The Balaban J connectivity index is 1.24. The Morgan fingerprint density at radius 3 is 2.42 bits per heavy atom. The quantitative estimate of drug-likeness (QED) is 0.471. The second-order valence-corrected chi connectivity index (χ2v) is 13.3. The molecule has 0 aliphatic carbocycles. The zero-order valence-corrected chi connectivity index (χ0v) is 25.1. The van der Waals surface area contributed by atoms with Gasteiger partial charge in [-0.25, -0.2) is 13.4 Å². The molecule has 5 rings (SSSR count). The van der Waals surface area contributed by atoms with Crippen molar-refractivity contribution in [3.8, 4) is 11.6 Å². The Labute approximate surface area is 238 Å². The molecule has 3 aliphatic heterocycles. The van der Waals surface area contributed by atoms with E-state index in [1.807, 2.05) is 13.8 Å². The molecule has 2 aromatic rings. The lowest BCUT2D eigenvalue weighted by molar-refractivity contribution is -0.0249. The molecule has 3 fully saturated rings. The number of morpholine rings is 1. The highest BCUT2D eigenvalue weighted by Crippen LogP contribution is 2.33. The maximum absolute atomic E-state index is 13.9. The summed E-state index contributed by atoms with van der Waals surface area (Å²) in [5.74, 6) is 1.80. The first kappa shape index (κ1) is 29.0. The van der Waals surface area contributed by atoms with Gasteiger partial charge in [-0.1, -0.05) is 6.42 Å². The summed E-state index contributed by atoms with van der Waals surface area (Å²) in [6.07, 6.45) is 6.36. The van der Waals surface area contributed by atoms with Crippen LogP contribution < -0.4 is 14.4 Å². The molecule has 0 amide bonds. The molecule has 0 saturated carbocycles. The summed E-state index contributed by atoms with van der Waals surface area (Å²) in [6.45, 7) is 12.1. The highest BCUT2D eigenvalue weighted by atomic mass is 32.2. The smallest absolute Gasteiger partial charge is 0.243 e. The first-order chi connectivity index (χ1) is 19.2. The summed E-state index contributed by atoms with van der Waals surface area (Å²) < 4.78 is 46.4. The minimum absolute atomic E-state index is 0.172. The highest BCUT2D eigenvalue weighted by Gasteiger charge is 2.38. The molecule has 40 heavy (non-hydrogen) atoms. The average Bonchev–Trinajstić information content (AvgIpc) is 2.96. The van der Waals surface area contributed by atoms with Crippen molar-refractivity contribution >= 4 is 16.0 Å². The fourth-order valence-electron chi connectivity index (χ4n) is 6.36. The fourth-order valence-corrected chi connectivity index (χ4v) is 8.46. The van der Waals surface area contributed by atoms with Crippen molar-refractivity contribution < 1.29 is 22.6 Å². The van der Waals surface area contributed by atoms with Gasteiger partial charge in [-0.2, -0.15) is 9.29 Å².